The van der Waals surface area contributed by atoms with E-state index >= 15 is 0 Å². The van der Waals surface area contributed by atoms with E-state index in [1.54, 1.807) is 25.3 Å². The summed E-state index contributed by atoms with van der Waals surface area (Å²) in [5.41, 5.74) is 0.432. The van der Waals surface area contributed by atoms with Crippen molar-refractivity contribution in [3.63, 3.8) is 0 Å². The molecule has 0 radical (unpaired) electrons. The second-order valence-corrected chi connectivity index (χ2v) is 3.73. The molecule has 2 aromatic heterocycles. The first-order valence-corrected chi connectivity index (χ1v) is 6.01. The molecular weight excluding hydrogens is 246 g/mol. The minimum absolute atomic E-state index is 0.339. The lowest BCUT2D eigenvalue weighted by atomic mass is 10.2. The number of hydrogen-bond acceptors (Lipinski definition) is 6. The summed E-state index contributed by atoms with van der Waals surface area (Å²) in [6, 6.07) is 3.38. The molecule has 0 amide bonds. The third-order valence-corrected chi connectivity index (χ3v) is 2.42. The molecule has 0 aliphatic carbocycles. The largest absolute Gasteiger partial charge is 0.462 e. The van der Waals surface area contributed by atoms with Gasteiger partial charge in [-0.1, -0.05) is 0 Å². The normalized spacial score (nSPS) is 10.2. The predicted molar refractivity (Wildman–Crippen MR) is 68.8 cm³/mol. The quantitative estimate of drug-likeness (QED) is 0.754. The Morgan fingerprint density at radius 1 is 1.47 bits per heavy atom. The van der Waals surface area contributed by atoms with Crippen molar-refractivity contribution in [1.29, 1.82) is 0 Å². The van der Waals surface area contributed by atoms with Gasteiger partial charge in [0, 0.05) is 19.2 Å². The molecule has 0 spiro atoms. The smallest absolute Gasteiger partial charge is 0.341 e. The maximum Gasteiger partial charge on any atom is 0.341 e. The first kappa shape index (κ1) is 13.0. The molecule has 0 atom stereocenters. The zero-order chi connectivity index (χ0) is 13.5. The topological polar surface area (TPSA) is 92.8 Å². The minimum atomic E-state index is -0.377. The average molecular weight is 261 g/mol. The van der Waals surface area contributed by atoms with Gasteiger partial charge in [0.05, 0.1) is 6.61 Å². The standard InChI is InChI=1S/C12H15N5O2/c1-2-19-12(18)9-4-3-6-13-11(9)14-7-5-10-15-8-16-17-10/h3-4,6,8H,2,5,7H2,1H3,(H,13,14)(H,15,16,17). The van der Waals surface area contributed by atoms with Gasteiger partial charge in [0.1, 0.15) is 23.5 Å². The van der Waals surface area contributed by atoms with Crippen LogP contribution < -0.4 is 5.32 Å². The van der Waals surface area contributed by atoms with Crippen LogP contribution in [0.5, 0.6) is 0 Å². The molecule has 2 N–H and O–H groups in total. The van der Waals surface area contributed by atoms with Crippen molar-refractivity contribution in [3.05, 3.63) is 36.0 Å². The zero-order valence-corrected chi connectivity index (χ0v) is 10.6. The van der Waals surface area contributed by atoms with Crippen molar-refractivity contribution in [2.75, 3.05) is 18.5 Å². The predicted octanol–water partition coefficient (Wildman–Crippen LogP) is 1.03. The van der Waals surface area contributed by atoms with E-state index in [1.807, 2.05) is 0 Å². The molecule has 0 bridgehead atoms. The molecule has 7 nitrogen and oxygen atoms in total. The summed E-state index contributed by atoms with van der Waals surface area (Å²) in [6.07, 6.45) is 3.75. The Labute approximate surface area is 110 Å². The van der Waals surface area contributed by atoms with Gasteiger partial charge in [-0.2, -0.15) is 5.10 Å². The van der Waals surface area contributed by atoms with Gasteiger partial charge in [-0.05, 0) is 19.1 Å². The van der Waals surface area contributed by atoms with Gasteiger partial charge < -0.3 is 10.1 Å². The molecule has 2 heterocycles. The summed E-state index contributed by atoms with van der Waals surface area (Å²) >= 11 is 0. The number of ether oxygens (including phenoxy) is 1. The molecular formula is C12H15N5O2. The molecule has 7 heteroatoms. The lowest BCUT2D eigenvalue weighted by Crippen LogP contribution is -2.13. The van der Waals surface area contributed by atoms with Crippen LogP contribution in [0.25, 0.3) is 0 Å². The third kappa shape index (κ3) is 3.51. The number of nitrogens with zero attached hydrogens (tertiary/aromatic N) is 3. The monoisotopic (exact) mass is 261 g/mol. The first-order valence-electron chi connectivity index (χ1n) is 6.01. The Balaban J connectivity index is 1.97. The molecule has 0 saturated carbocycles. The summed E-state index contributed by atoms with van der Waals surface area (Å²) < 4.78 is 4.97. The lowest BCUT2D eigenvalue weighted by Gasteiger charge is -2.09. The summed E-state index contributed by atoms with van der Waals surface area (Å²) in [7, 11) is 0. The van der Waals surface area contributed by atoms with Gasteiger partial charge >= 0.3 is 5.97 Å². The Morgan fingerprint density at radius 3 is 3.11 bits per heavy atom. The number of carbonyl (C=O) groups excluding carboxylic acids is 1. The number of esters is 1. The molecule has 19 heavy (non-hydrogen) atoms. The molecule has 0 fully saturated rings. The van der Waals surface area contributed by atoms with Crippen LogP contribution in [0.1, 0.15) is 23.1 Å². The Bertz CT molecular complexity index is 527. The molecule has 0 aromatic carbocycles. The van der Waals surface area contributed by atoms with Gasteiger partial charge in [0.15, 0.2) is 0 Å². The van der Waals surface area contributed by atoms with Gasteiger partial charge in [-0.25, -0.2) is 14.8 Å². The van der Waals surface area contributed by atoms with Gasteiger partial charge in [-0.3, -0.25) is 5.10 Å². The van der Waals surface area contributed by atoms with Crippen molar-refractivity contribution >= 4 is 11.8 Å². The van der Waals surface area contributed by atoms with Crippen molar-refractivity contribution in [2.45, 2.75) is 13.3 Å². The molecule has 0 saturated heterocycles. The summed E-state index contributed by atoms with van der Waals surface area (Å²) in [5.74, 6) is 0.916. The fourth-order valence-corrected chi connectivity index (χ4v) is 1.57. The van der Waals surface area contributed by atoms with Crippen molar-refractivity contribution in [3.8, 4) is 0 Å². The molecule has 0 aliphatic rings. The fraction of sp³-hybridized carbons (Fsp3) is 0.333. The van der Waals surface area contributed by atoms with Crippen LogP contribution in [0.15, 0.2) is 24.7 Å². The van der Waals surface area contributed by atoms with E-state index in [1.165, 1.54) is 6.33 Å². The van der Waals surface area contributed by atoms with E-state index in [2.05, 4.69) is 25.5 Å². The van der Waals surface area contributed by atoms with E-state index in [4.69, 9.17) is 4.74 Å². The van der Waals surface area contributed by atoms with E-state index < -0.39 is 0 Å². The highest BCUT2D eigenvalue weighted by molar-refractivity contribution is 5.94. The Hall–Kier alpha value is -2.44. The highest BCUT2D eigenvalue weighted by Gasteiger charge is 2.12. The summed E-state index contributed by atoms with van der Waals surface area (Å²) in [4.78, 5) is 19.9. The molecule has 0 aliphatic heterocycles. The SMILES string of the molecule is CCOC(=O)c1cccnc1NCCc1ncn[nH]1. The second kappa shape index (κ2) is 6.48. The van der Waals surface area contributed by atoms with E-state index in [9.17, 15) is 4.79 Å². The number of carbonyl (C=O) groups is 1. The number of anilines is 1. The molecule has 100 valence electrons. The third-order valence-electron chi connectivity index (χ3n) is 2.42. The average Bonchev–Trinajstić information content (AvgIpc) is 2.93. The van der Waals surface area contributed by atoms with Crippen molar-refractivity contribution in [2.24, 2.45) is 0 Å². The number of H-pyrrole nitrogens is 1. The van der Waals surface area contributed by atoms with Crippen LogP contribution >= 0.6 is 0 Å². The molecule has 2 aromatic rings. The van der Waals surface area contributed by atoms with E-state index in [0.717, 1.165) is 5.82 Å². The van der Waals surface area contributed by atoms with Crippen LogP contribution in [0.3, 0.4) is 0 Å². The number of rotatable bonds is 6. The second-order valence-electron chi connectivity index (χ2n) is 3.73. The van der Waals surface area contributed by atoms with Crippen LogP contribution in [-0.4, -0.2) is 39.3 Å². The zero-order valence-electron chi connectivity index (χ0n) is 10.6. The maximum absolute atomic E-state index is 11.7. The summed E-state index contributed by atoms with van der Waals surface area (Å²) in [6.45, 7) is 2.70. The van der Waals surface area contributed by atoms with Crippen LogP contribution in [0, 0.1) is 0 Å². The van der Waals surface area contributed by atoms with Crippen molar-refractivity contribution < 1.29 is 9.53 Å². The lowest BCUT2D eigenvalue weighted by molar-refractivity contribution is 0.0527. The maximum atomic E-state index is 11.7. The highest BCUT2D eigenvalue weighted by Crippen LogP contribution is 2.12. The number of aromatic nitrogens is 4. The summed E-state index contributed by atoms with van der Waals surface area (Å²) in [5, 5.41) is 9.62. The van der Waals surface area contributed by atoms with Gasteiger partial charge in [0.25, 0.3) is 0 Å². The molecule has 0 unspecified atom stereocenters. The first-order chi connectivity index (χ1) is 9.31. The fourth-order valence-electron chi connectivity index (χ4n) is 1.57. The van der Waals surface area contributed by atoms with Gasteiger partial charge in [0.2, 0.25) is 0 Å². The minimum Gasteiger partial charge on any atom is -0.462 e. The number of hydrogen-bond donors (Lipinski definition) is 2. The highest BCUT2D eigenvalue weighted by atomic mass is 16.5. The Morgan fingerprint density at radius 2 is 2.37 bits per heavy atom. The molecule has 2 rings (SSSR count). The Kier molecular flexibility index (Phi) is 4.44. The van der Waals surface area contributed by atoms with Crippen LogP contribution in [0.4, 0.5) is 5.82 Å². The number of nitrogens with one attached hydrogen (secondary N) is 2. The van der Waals surface area contributed by atoms with Crippen molar-refractivity contribution in [1.82, 2.24) is 20.2 Å². The van der Waals surface area contributed by atoms with Crippen LogP contribution in [-0.2, 0) is 11.2 Å². The number of pyridine rings is 1. The van der Waals surface area contributed by atoms with Crippen LogP contribution in [0.2, 0.25) is 0 Å². The van der Waals surface area contributed by atoms with E-state index in [-0.39, 0.29) is 5.97 Å². The van der Waals surface area contributed by atoms with E-state index in [0.29, 0.717) is 31.0 Å². The number of aromatic amines is 1. The van der Waals surface area contributed by atoms with Gasteiger partial charge in [-0.15, -0.1) is 0 Å².